The second-order valence-corrected chi connectivity index (χ2v) is 14.8. The Bertz CT molecular complexity index is 2800. The fraction of sp³-hybridized carbons (Fsp3) is 0.0741. The van der Waals surface area contributed by atoms with Gasteiger partial charge in [-0.1, -0.05) is 133 Å². The van der Waals surface area contributed by atoms with E-state index in [2.05, 4.69) is 186 Å². The topological polar surface area (TPSA) is 30.1 Å². The van der Waals surface area contributed by atoms with E-state index in [4.69, 9.17) is 4.42 Å². The average molecular weight is 735 g/mol. The van der Waals surface area contributed by atoms with Gasteiger partial charge in [-0.05, 0) is 137 Å². The Hall–Kier alpha value is -7.10. The zero-order valence-electron chi connectivity index (χ0n) is 31.7. The molecule has 9 aromatic rings. The number of para-hydroxylation sites is 1. The van der Waals surface area contributed by atoms with E-state index in [0.29, 0.717) is 0 Å². The van der Waals surface area contributed by atoms with E-state index in [1.165, 1.54) is 50.5 Å². The first-order valence-electron chi connectivity index (χ1n) is 19.9. The van der Waals surface area contributed by atoms with Crippen molar-refractivity contribution in [1.82, 2.24) is 4.57 Å². The van der Waals surface area contributed by atoms with Gasteiger partial charge in [-0.15, -0.1) is 0 Å². The van der Waals surface area contributed by atoms with Gasteiger partial charge >= 0.3 is 0 Å². The van der Waals surface area contributed by atoms with E-state index in [1.807, 2.05) is 24.3 Å². The lowest BCUT2D eigenvalue weighted by Gasteiger charge is -2.14. The zero-order valence-corrected chi connectivity index (χ0v) is 31.7. The second kappa shape index (κ2) is 15.2. The molecule has 0 aliphatic heterocycles. The molecule has 2 aliphatic rings. The number of nitrogens with zero attached hydrogens (tertiary/aromatic N) is 1. The molecule has 274 valence electrons. The molecule has 0 saturated heterocycles. The molecule has 2 aliphatic carbocycles. The minimum Gasteiger partial charge on any atom is -0.456 e. The van der Waals surface area contributed by atoms with Crippen LogP contribution in [0, 0.1) is 0 Å². The van der Waals surface area contributed by atoms with E-state index in [1.54, 1.807) is 11.1 Å². The highest BCUT2D eigenvalue weighted by Crippen LogP contribution is 2.37. The van der Waals surface area contributed by atoms with Crippen LogP contribution in [0.2, 0.25) is 0 Å². The standard InChI is InChI=1S/C42H32N2O.C12H10/c1-4-10-39-35(7-1)36-8-2-5-11-40(36)44(39)34-24-17-29(18-25-34)28-13-20-32(21-14-28)43-33-22-15-30(16-23-33)31-19-26-42-38(27-31)37-9-3-6-12-41(37)45-42;1-3-7-11(8-4-1)12-9-5-2-6-10-12/h3-6,9-27,43H,1-2,7-8H2;1-10H. The van der Waals surface area contributed by atoms with Crippen LogP contribution in [0.1, 0.15) is 35.4 Å². The predicted octanol–water partition coefficient (Wildman–Crippen LogP) is 14.7. The molecular formula is C54H42N2O. The van der Waals surface area contributed by atoms with E-state index >= 15 is 0 Å². The van der Waals surface area contributed by atoms with E-state index in [-0.39, 0.29) is 0 Å². The number of hydrogen-bond acceptors (Lipinski definition) is 2. The van der Waals surface area contributed by atoms with Crippen molar-refractivity contribution < 1.29 is 4.42 Å². The molecule has 2 aromatic heterocycles. The summed E-state index contributed by atoms with van der Waals surface area (Å²) in [6.45, 7) is 0. The molecule has 0 unspecified atom stereocenters. The minimum absolute atomic E-state index is 0.922. The monoisotopic (exact) mass is 734 g/mol. The molecule has 7 aromatic carbocycles. The Morgan fingerprint density at radius 1 is 0.404 bits per heavy atom. The van der Waals surface area contributed by atoms with Crippen LogP contribution < -0.4 is 5.32 Å². The highest BCUT2D eigenvalue weighted by atomic mass is 16.3. The first kappa shape index (κ1) is 34.4. The molecule has 0 radical (unpaired) electrons. The summed E-state index contributed by atoms with van der Waals surface area (Å²) < 4.78 is 8.46. The third-order valence-corrected chi connectivity index (χ3v) is 11.2. The Balaban J connectivity index is 0.000000282. The van der Waals surface area contributed by atoms with Gasteiger partial charge < -0.3 is 14.3 Å². The van der Waals surface area contributed by atoms with Crippen LogP contribution in [0.5, 0.6) is 0 Å². The van der Waals surface area contributed by atoms with Crippen LogP contribution in [0.3, 0.4) is 0 Å². The number of rotatable bonds is 6. The van der Waals surface area contributed by atoms with Crippen LogP contribution in [-0.2, 0) is 12.8 Å². The second-order valence-electron chi connectivity index (χ2n) is 14.8. The van der Waals surface area contributed by atoms with Gasteiger partial charge in [0.2, 0.25) is 0 Å². The van der Waals surface area contributed by atoms with Crippen LogP contribution in [0.25, 0.3) is 73.2 Å². The number of anilines is 2. The lowest BCUT2D eigenvalue weighted by Crippen LogP contribution is -2.02. The number of nitrogens with one attached hydrogen (secondary N) is 1. The van der Waals surface area contributed by atoms with Gasteiger partial charge in [0.15, 0.2) is 0 Å². The summed E-state index contributed by atoms with van der Waals surface area (Å²) in [5.74, 6) is 0. The van der Waals surface area contributed by atoms with E-state index in [0.717, 1.165) is 59.0 Å². The maximum absolute atomic E-state index is 6.01. The molecule has 0 saturated carbocycles. The van der Waals surface area contributed by atoms with E-state index in [9.17, 15) is 0 Å². The fourth-order valence-corrected chi connectivity index (χ4v) is 8.37. The number of allylic oxidation sites excluding steroid dienone is 2. The SMILES string of the molecule is C1=Cc2c(c3c(n2-c2ccc(-c4ccc(Nc5ccc(-c6ccc7oc8ccccc8c7c6)cc5)cc4)cc2)C=CCC3)CC1.c1ccc(-c2ccccc2)cc1. The molecule has 11 rings (SSSR count). The highest BCUT2D eigenvalue weighted by molar-refractivity contribution is 6.06. The van der Waals surface area contributed by atoms with E-state index < -0.39 is 0 Å². The van der Waals surface area contributed by atoms with Crippen molar-refractivity contribution in [3.05, 3.63) is 211 Å². The lowest BCUT2D eigenvalue weighted by molar-refractivity contribution is 0.669. The van der Waals surface area contributed by atoms with Gasteiger partial charge in [0.25, 0.3) is 0 Å². The summed E-state index contributed by atoms with van der Waals surface area (Å²) in [6, 6.07) is 61.8. The van der Waals surface area contributed by atoms with Crippen LogP contribution in [-0.4, -0.2) is 4.57 Å². The zero-order chi connectivity index (χ0) is 38.0. The van der Waals surface area contributed by atoms with Crippen molar-refractivity contribution in [3.63, 3.8) is 0 Å². The molecule has 0 spiro atoms. The Morgan fingerprint density at radius 3 is 1.44 bits per heavy atom. The molecule has 0 amide bonds. The number of hydrogen-bond donors (Lipinski definition) is 1. The van der Waals surface area contributed by atoms with Crippen LogP contribution in [0.4, 0.5) is 11.4 Å². The van der Waals surface area contributed by atoms with Gasteiger partial charge in [0, 0.05) is 39.2 Å². The van der Waals surface area contributed by atoms with Crippen molar-refractivity contribution in [2.75, 3.05) is 5.32 Å². The summed E-state index contributed by atoms with van der Waals surface area (Å²) in [5, 5.41) is 5.87. The van der Waals surface area contributed by atoms with Gasteiger partial charge in [-0.3, -0.25) is 0 Å². The normalized spacial score (nSPS) is 12.8. The number of fused-ring (bicyclic) bond motifs is 6. The fourth-order valence-electron chi connectivity index (χ4n) is 8.37. The molecule has 3 nitrogen and oxygen atoms in total. The molecule has 3 heteroatoms. The van der Waals surface area contributed by atoms with Crippen molar-refractivity contribution in [1.29, 1.82) is 0 Å². The minimum atomic E-state index is 0.922. The summed E-state index contributed by atoms with van der Waals surface area (Å²) in [5.41, 5.74) is 18.4. The Kier molecular flexibility index (Phi) is 9.18. The van der Waals surface area contributed by atoms with Crippen molar-refractivity contribution in [2.45, 2.75) is 25.7 Å². The van der Waals surface area contributed by atoms with Crippen LogP contribution in [0.15, 0.2) is 192 Å². The van der Waals surface area contributed by atoms with Gasteiger partial charge in [0.1, 0.15) is 11.2 Å². The maximum Gasteiger partial charge on any atom is 0.135 e. The third kappa shape index (κ3) is 6.89. The highest BCUT2D eigenvalue weighted by Gasteiger charge is 2.23. The summed E-state index contributed by atoms with van der Waals surface area (Å²) in [4.78, 5) is 0. The average Bonchev–Trinajstić information content (AvgIpc) is 3.83. The molecule has 57 heavy (non-hydrogen) atoms. The molecule has 0 fully saturated rings. The maximum atomic E-state index is 6.01. The summed E-state index contributed by atoms with van der Waals surface area (Å²) in [6.07, 6.45) is 13.9. The van der Waals surface area contributed by atoms with Gasteiger partial charge in [-0.2, -0.15) is 0 Å². The van der Waals surface area contributed by atoms with Crippen molar-refractivity contribution in [3.8, 4) is 39.1 Å². The number of benzene rings is 7. The first-order chi connectivity index (χ1) is 28.2. The molecular weight excluding hydrogens is 693 g/mol. The lowest BCUT2D eigenvalue weighted by atomic mass is 9.94. The van der Waals surface area contributed by atoms with Gasteiger partial charge in [0.05, 0.1) is 0 Å². The smallest absolute Gasteiger partial charge is 0.135 e. The largest absolute Gasteiger partial charge is 0.456 e. The number of furan rings is 1. The van der Waals surface area contributed by atoms with Crippen molar-refractivity contribution >= 4 is 45.5 Å². The molecule has 0 atom stereocenters. The quantitative estimate of drug-likeness (QED) is 0.184. The number of aromatic nitrogens is 1. The predicted molar refractivity (Wildman–Crippen MR) is 240 cm³/mol. The van der Waals surface area contributed by atoms with Crippen LogP contribution >= 0.6 is 0 Å². The van der Waals surface area contributed by atoms with Crippen molar-refractivity contribution in [2.24, 2.45) is 0 Å². The molecule has 0 bridgehead atoms. The van der Waals surface area contributed by atoms with Gasteiger partial charge in [-0.25, -0.2) is 0 Å². The Labute approximate surface area is 333 Å². The first-order valence-corrected chi connectivity index (χ1v) is 19.9. The molecule has 1 N–H and O–H groups in total. The molecule has 2 heterocycles. The Morgan fingerprint density at radius 2 is 0.860 bits per heavy atom. The third-order valence-electron chi connectivity index (χ3n) is 11.2. The summed E-state index contributed by atoms with van der Waals surface area (Å²) >= 11 is 0. The summed E-state index contributed by atoms with van der Waals surface area (Å²) in [7, 11) is 0.